The van der Waals surface area contributed by atoms with E-state index < -0.39 is 0 Å². The number of methoxy groups -OCH3 is 1. The number of nitrogens with two attached hydrogens (primary N) is 1. The molecular weight excluding hydrogens is 236 g/mol. The minimum Gasteiger partial charge on any atom is -0.496 e. The molecule has 3 N–H and O–H groups in total. The zero-order valence-electron chi connectivity index (χ0n) is 13.1. The Morgan fingerprint density at radius 2 is 1.89 bits per heavy atom. The van der Waals surface area contributed by atoms with Crippen molar-refractivity contribution >= 4 is 5.69 Å². The van der Waals surface area contributed by atoms with E-state index in [9.17, 15) is 0 Å². The van der Waals surface area contributed by atoms with E-state index in [1.807, 2.05) is 6.07 Å². The lowest BCUT2D eigenvalue weighted by atomic mass is 9.86. The van der Waals surface area contributed by atoms with Crippen molar-refractivity contribution in [3.63, 3.8) is 0 Å². The van der Waals surface area contributed by atoms with Gasteiger partial charge >= 0.3 is 0 Å². The van der Waals surface area contributed by atoms with Crippen LogP contribution < -0.4 is 15.8 Å². The van der Waals surface area contributed by atoms with Gasteiger partial charge in [-0.25, -0.2) is 0 Å². The molecule has 0 spiro atoms. The molecule has 108 valence electrons. The van der Waals surface area contributed by atoms with Gasteiger partial charge in [0.2, 0.25) is 0 Å². The van der Waals surface area contributed by atoms with Crippen molar-refractivity contribution in [1.29, 1.82) is 0 Å². The standard InChI is InChI=1S/C16H28N2O/c1-11(2)14(10-17)18-12-7-8-15(19-6)13(9-12)16(3,4)5/h7-9,11,14,18H,10,17H2,1-6H3. The van der Waals surface area contributed by atoms with E-state index in [2.05, 4.69) is 52.1 Å². The summed E-state index contributed by atoms with van der Waals surface area (Å²) >= 11 is 0. The molecule has 0 fully saturated rings. The molecule has 0 amide bonds. The molecule has 0 aliphatic rings. The second kappa shape index (κ2) is 6.29. The molecule has 1 aromatic carbocycles. The van der Waals surface area contributed by atoms with Gasteiger partial charge in [-0.05, 0) is 29.5 Å². The highest BCUT2D eigenvalue weighted by molar-refractivity contribution is 5.54. The predicted molar refractivity (Wildman–Crippen MR) is 83.0 cm³/mol. The average molecular weight is 264 g/mol. The van der Waals surface area contributed by atoms with E-state index in [4.69, 9.17) is 10.5 Å². The summed E-state index contributed by atoms with van der Waals surface area (Å²) in [7, 11) is 1.72. The van der Waals surface area contributed by atoms with Gasteiger partial charge in [0, 0.05) is 23.8 Å². The maximum atomic E-state index is 5.81. The maximum absolute atomic E-state index is 5.81. The minimum atomic E-state index is 0.0546. The molecule has 0 aliphatic carbocycles. The average Bonchev–Trinajstić information content (AvgIpc) is 2.34. The third-order valence-corrected chi connectivity index (χ3v) is 3.42. The summed E-state index contributed by atoms with van der Waals surface area (Å²) in [5.41, 5.74) is 8.18. The summed E-state index contributed by atoms with van der Waals surface area (Å²) in [6.07, 6.45) is 0. The number of benzene rings is 1. The van der Waals surface area contributed by atoms with Crippen LogP contribution in [0.25, 0.3) is 0 Å². The van der Waals surface area contributed by atoms with Crippen LogP contribution in [-0.2, 0) is 5.41 Å². The van der Waals surface area contributed by atoms with Crippen LogP contribution in [0.5, 0.6) is 5.75 Å². The SMILES string of the molecule is COc1ccc(NC(CN)C(C)C)cc1C(C)(C)C. The molecule has 0 saturated heterocycles. The molecule has 3 nitrogen and oxygen atoms in total. The van der Waals surface area contributed by atoms with Gasteiger partial charge in [-0.2, -0.15) is 0 Å². The Morgan fingerprint density at radius 1 is 1.26 bits per heavy atom. The molecule has 1 unspecified atom stereocenters. The summed E-state index contributed by atoms with van der Waals surface area (Å²) in [4.78, 5) is 0. The van der Waals surface area contributed by atoms with Crippen molar-refractivity contribution < 1.29 is 4.74 Å². The monoisotopic (exact) mass is 264 g/mol. The number of rotatable bonds is 5. The smallest absolute Gasteiger partial charge is 0.122 e. The highest BCUT2D eigenvalue weighted by Crippen LogP contribution is 2.33. The van der Waals surface area contributed by atoms with Crippen molar-refractivity contribution in [2.75, 3.05) is 19.0 Å². The molecule has 0 aliphatic heterocycles. The van der Waals surface area contributed by atoms with E-state index in [0.29, 0.717) is 18.5 Å². The Hall–Kier alpha value is -1.22. The van der Waals surface area contributed by atoms with Gasteiger partial charge in [-0.3, -0.25) is 0 Å². The normalized spacial score (nSPS) is 13.5. The fourth-order valence-electron chi connectivity index (χ4n) is 2.10. The Balaban J connectivity index is 3.05. The fraction of sp³-hybridized carbons (Fsp3) is 0.625. The third-order valence-electron chi connectivity index (χ3n) is 3.42. The van der Waals surface area contributed by atoms with E-state index in [1.54, 1.807) is 7.11 Å². The van der Waals surface area contributed by atoms with Crippen molar-refractivity contribution in [3.05, 3.63) is 23.8 Å². The first kappa shape index (κ1) is 15.8. The number of hydrogen-bond acceptors (Lipinski definition) is 3. The van der Waals surface area contributed by atoms with Crippen LogP contribution in [0.15, 0.2) is 18.2 Å². The molecule has 0 bridgehead atoms. The second-order valence-electron chi connectivity index (χ2n) is 6.40. The molecule has 0 saturated carbocycles. The highest BCUT2D eigenvalue weighted by atomic mass is 16.5. The van der Waals surface area contributed by atoms with E-state index in [0.717, 1.165) is 11.4 Å². The maximum Gasteiger partial charge on any atom is 0.122 e. The molecule has 1 atom stereocenters. The van der Waals surface area contributed by atoms with Gasteiger partial charge in [0.1, 0.15) is 5.75 Å². The Morgan fingerprint density at radius 3 is 2.32 bits per heavy atom. The second-order valence-corrected chi connectivity index (χ2v) is 6.40. The van der Waals surface area contributed by atoms with Crippen molar-refractivity contribution in [3.8, 4) is 5.75 Å². The topological polar surface area (TPSA) is 47.3 Å². The summed E-state index contributed by atoms with van der Waals surface area (Å²) in [6.45, 7) is 11.6. The van der Waals surface area contributed by atoms with Gasteiger partial charge in [0.05, 0.1) is 7.11 Å². The lowest BCUT2D eigenvalue weighted by Crippen LogP contribution is -2.33. The largest absolute Gasteiger partial charge is 0.496 e. The van der Waals surface area contributed by atoms with Crippen molar-refractivity contribution in [2.24, 2.45) is 11.7 Å². The van der Waals surface area contributed by atoms with Crippen LogP contribution in [0.1, 0.15) is 40.2 Å². The van der Waals surface area contributed by atoms with Gasteiger partial charge in [0.25, 0.3) is 0 Å². The first-order valence-electron chi connectivity index (χ1n) is 6.94. The molecule has 0 radical (unpaired) electrons. The molecule has 1 rings (SSSR count). The van der Waals surface area contributed by atoms with E-state index in [-0.39, 0.29) is 5.41 Å². The number of ether oxygens (including phenoxy) is 1. The molecule has 19 heavy (non-hydrogen) atoms. The summed E-state index contributed by atoms with van der Waals surface area (Å²) in [6, 6.07) is 6.54. The molecule has 0 heterocycles. The van der Waals surface area contributed by atoms with Gasteiger partial charge in [0.15, 0.2) is 0 Å². The minimum absolute atomic E-state index is 0.0546. The van der Waals surface area contributed by atoms with Crippen LogP contribution in [0.2, 0.25) is 0 Å². The number of anilines is 1. The first-order chi connectivity index (χ1) is 8.79. The van der Waals surface area contributed by atoms with Crippen molar-refractivity contribution in [1.82, 2.24) is 0 Å². The zero-order chi connectivity index (χ0) is 14.6. The molecule has 0 aromatic heterocycles. The van der Waals surface area contributed by atoms with Crippen LogP contribution >= 0.6 is 0 Å². The predicted octanol–water partition coefficient (Wildman–Crippen LogP) is 3.39. The van der Waals surface area contributed by atoms with Gasteiger partial charge in [-0.1, -0.05) is 34.6 Å². The summed E-state index contributed by atoms with van der Waals surface area (Å²) < 4.78 is 5.45. The molecular formula is C16H28N2O. The number of nitrogens with one attached hydrogen (secondary N) is 1. The lowest BCUT2D eigenvalue weighted by molar-refractivity contribution is 0.397. The zero-order valence-corrected chi connectivity index (χ0v) is 13.1. The molecule has 3 heteroatoms. The van der Waals surface area contributed by atoms with Crippen LogP contribution in [0, 0.1) is 5.92 Å². The fourth-order valence-corrected chi connectivity index (χ4v) is 2.10. The Labute approximate surface area is 117 Å². The highest BCUT2D eigenvalue weighted by Gasteiger charge is 2.20. The van der Waals surface area contributed by atoms with Crippen LogP contribution in [0.3, 0.4) is 0 Å². The van der Waals surface area contributed by atoms with E-state index in [1.165, 1.54) is 5.56 Å². The Kier molecular flexibility index (Phi) is 5.24. The van der Waals surface area contributed by atoms with Gasteiger partial charge < -0.3 is 15.8 Å². The number of hydrogen-bond donors (Lipinski definition) is 2. The molecule has 1 aromatic rings. The Bertz CT molecular complexity index is 408. The quantitative estimate of drug-likeness (QED) is 0.857. The van der Waals surface area contributed by atoms with Crippen molar-refractivity contribution in [2.45, 2.75) is 46.1 Å². The van der Waals surface area contributed by atoms with E-state index >= 15 is 0 Å². The first-order valence-corrected chi connectivity index (χ1v) is 6.94. The third kappa shape index (κ3) is 4.13. The van der Waals surface area contributed by atoms with Gasteiger partial charge in [-0.15, -0.1) is 0 Å². The summed E-state index contributed by atoms with van der Waals surface area (Å²) in [5, 5.41) is 3.51. The summed E-state index contributed by atoms with van der Waals surface area (Å²) in [5.74, 6) is 1.44. The van der Waals surface area contributed by atoms with Crippen LogP contribution in [-0.4, -0.2) is 19.7 Å². The van der Waals surface area contributed by atoms with Crippen LogP contribution in [0.4, 0.5) is 5.69 Å². The lowest BCUT2D eigenvalue weighted by Gasteiger charge is -2.26.